The van der Waals surface area contributed by atoms with E-state index in [0.717, 1.165) is 24.3 Å². The van der Waals surface area contributed by atoms with Gasteiger partial charge in [-0.25, -0.2) is 17.6 Å². The predicted octanol–water partition coefficient (Wildman–Crippen LogP) is 3.98. The minimum absolute atomic E-state index is 0.0868. The number of rotatable bonds is 3. The highest BCUT2D eigenvalue weighted by Gasteiger charge is 2.21. The molecular formula is C15H10F4O. The number of hydrogen-bond acceptors (Lipinski definition) is 1. The lowest BCUT2D eigenvalue weighted by Crippen LogP contribution is -2.12. The van der Waals surface area contributed by atoms with Crippen molar-refractivity contribution in [3.63, 3.8) is 0 Å². The maximum Gasteiger partial charge on any atom is 0.173 e. The van der Waals surface area contributed by atoms with Crippen molar-refractivity contribution in [1.82, 2.24) is 0 Å². The zero-order valence-corrected chi connectivity index (χ0v) is 10.5. The van der Waals surface area contributed by atoms with Crippen molar-refractivity contribution < 1.29 is 22.4 Å². The van der Waals surface area contributed by atoms with Crippen molar-refractivity contribution in [3.05, 3.63) is 70.3 Å². The van der Waals surface area contributed by atoms with Crippen LogP contribution >= 0.6 is 0 Å². The normalized spacial score (nSPS) is 10.7. The molecule has 0 bridgehead atoms. The minimum atomic E-state index is -1.05. The van der Waals surface area contributed by atoms with E-state index in [-0.39, 0.29) is 5.56 Å². The number of hydrogen-bond donors (Lipinski definition) is 0. The highest BCUT2D eigenvalue weighted by Crippen LogP contribution is 2.20. The van der Waals surface area contributed by atoms with E-state index >= 15 is 0 Å². The summed E-state index contributed by atoms with van der Waals surface area (Å²) in [6, 6.07) is 5.24. The van der Waals surface area contributed by atoms with Crippen LogP contribution in [0.25, 0.3) is 0 Å². The average molecular weight is 282 g/mol. The molecule has 0 atom stereocenters. The maximum absolute atomic E-state index is 13.8. The molecular weight excluding hydrogens is 272 g/mol. The molecule has 2 aromatic rings. The van der Waals surface area contributed by atoms with Crippen molar-refractivity contribution in [2.75, 3.05) is 0 Å². The highest BCUT2D eigenvalue weighted by atomic mass is 19.1. The van der Waals surface area contributed by atoms with E-state index in [1.807, 2.05) is 0 Å². The molecule has 0 aliphatic carbocycles. The Hall–Kier alpha value is -2.17. The molecule has 0 spiro atoms. The number of carbonyl (C=O) groups is 1. The van der Waals surface area contributed by atoms with E-state index in [0.29, 0.717) is 0 Å². The fourth-order valence-electron chi connectivity index (χ4n) is 1.86. The van der Waals surface area contributed by atoms with Crippen LogP contribution in [0.15, 0.2) is 30.3 Å². The SMILES string of the molecule is Cc1ccc(F)c(C(=O)Cc2c(F)cccc2F)c1F. The third-order valence-electron chi connectivity index (χ3n) is 2.96. The van der Waals surface area contributed by atoms with Crippen molar-refractivity contribution in [2.24, 2.45) is 0 Å². The van der Waals surface area contributed by atoms with E-state index in [9.17, 15) is 22.4 Å². The summed E-state index contributed by atoms with van der Waals surface area (Å²) in [6.07, 6.45) is -0.740. The van der Waals surface area contributed by atoms with Crippen LogP contribution in [0.4, 0.5) is 17.6 Å². The summed E-state index contributed by atoms with van der Waals surface area (Å²) in [5, 5.41) is 0. The van der Waals surface area contributed by atoms with Gasteiger partial charge in [-0.2, -0.15) is 0 Å². The number of benzene rings is 2. The van der Waals surface area contributed by atoms with Crippen molar-refractivity contribution >= 4 is 5.78 Å². The second-order valence-electron chi connectivity index (χ2n) is 4.35. The highest BCUT2D eigenvalue weighted by molar-refractivity contribution is 5.98. The first-order valence-electron chi connectivity index (χ1n) is 5.82. The van der Waals surface area contributed by atoms with Crippen LogP contribution in [0.1, 0.15) is 21.5 Å². The molecule has 0 aliphatic heterocycles. The standard InChI is InChI=1S/C15H10F4O/c1-8-5-6-12(18)14(15(8)19)13(20)7-9-10(16)3-2-4-11(9)17/h2-6H,7H2,1H3. The second kappa shape index (κ2) is 5.45. The minimum Gasteiger partial charge on any atom is -0.294 e. The van der Waals surface area contributed by atoms with Crippen LogP contribution in [0.3, 0.4) is 0 Å². The molecule has 0 heterocycles. The quantitative estimate of drug-likeness (QED) is 0.615. The van der Waals surface area contributed by atoms with E-state index in [4.69, 9.17) is 0 Å². The van der Waals surface area contributed by atoms with Crippen molar-refractivity contribution in [1.29, 1.82) is 0 Å². The van der Waals surface area contributed by atoms with Gasteiger partial charge in [0.15, 0.2) is 5.78 Å². The molecule has 0 aliphatic rings. The molecule has 1 nitrogen and oxygen atoms in total. The number of carbonyl (C=O) groups excluding carboxylic acids is 1. The number of halogens is 4. The molecule has 104 valence electrons. The summed E-state index contributed by atoms with van der Waals surface area (Å²) >= 11 is 0. The number of aryl methyl sites for hydroxylation is 1. The summed E-state index contributed by atoms with van der Waals surface area (Å²) < 4.78 is 54.2. The Kier molecular flexibility index (Phi) is 3.88. The van der Waals surface area contributed by atoms with E-state index in [1.54, 1.807) is 0 Å². The van der Waals surface area contributed by atoms with Crippen molar-refractivity contribution in [3.8, 4) is 0 Å². The Morgan fingerprint density at radius 3 is 2.15 bits per heavy atom. The predicted molar refractivity (Wildman–Crippen MR) is 65.5 cm³/mol. The Morgan fingerprint density at radius 1 is 0.950 bits per heavy atom. The fraction of sp³-hybridized carbons (Fsp3) is 0.133. The summed E-state index contributed by atoms with van der Waals surface area (Å²) in [7, 11) is 0. The molecule has 0 radical (unpaired) electrons. The van der Waals surface area contributed by atoms with Gasteiger partial charge in [0.1, 0.15) is 23.3 Å². The van der Waals surface area contributed by atoms with Gasteiger partial charge in [0.05, 0.1) is 5.56 Å². The molecule has 2 rings (SSSR count). The molecule has 0 aromatic heterocycles. The van der Waals surface area contributed by atoms with E-state index in [2.05, 4.69) is 0 Å². The monoisotopic (exact) mass is 282 g/mol. The van der Waals surface area contributed by atoms with Gasteiger partial charge in [-0.15, -0.1) is 0 Å². The van der Waals surface area contributed by atoms with Crippen LogP contribution in [0.5, 0.6) is 0 Å². The molecule has 0 saturated carbocycles. The molecule has 0 N–H and O–H groups in total. The van der Waals surface area contributed by atoms with Gasteiger partial charge in [0.2, 0.25) is 0 Å². The van der Waals surface area contributed by atoms with E-state index < -0.39 is 46.6 Å². The van der Waals surface area contributed by atoms with Gasteiger partial charge in [0.25, 0.3) is 0 Å². The van der Waals surface area contributed by atoms with Crippen LogP contribution < -0.4 is 0 Å². The van der Waals surface area contributed by atoms with E-state index in [1.165, 1.54) is 13.0 Å². The molecule has 5 heteroatoms. The zero-order chi connectivity index (χ0) is 14.9. The molecule has 0 unspecified atom stereocenters. The number of ketones is 1. The van der Waals surface area contributed by atoms with Gasteiger partial charge >= 0.3 is 0 Å². The van der Waals surface area contributed by atoms with Crippen molar-refractivity contribution in [2.45, 2.75) is 13.3 Å². The van der Waals surface area contributed by atoms with Crippen LogP contribution in [-0.2, 0) is 6.42 Å². The summed E-state index contributed by atoms with van der Waals surface area (Å²) in [5.41, 5.74) is -1.19. The topological polar surface area (TPSA) is 17.1 Å². The average Bonchev–Trinajstić information content (AvgIpc) is 2.39. The van der Waals surface area contributed by atoms with Gasteiger partial charge < -0.3 is 0 Å². The molecule has 0 amide bonds. The molecule has 2 aromatic carbocycles. The summed E-state index contributed by atoms with van der Waals surface area (Å²) in [6.45, 7) is 1.37. The lowest BCUT2D eigenvalue weighted by Gasteiger charge is -2.08. The fourth-order valence-corrected chi connectivity index (χ4v) is 1.86. The maximum atomic E-state index is 13.8. The smallest absolute Gasteiger partial charge is 0.173 e. The van der Waals surface area contributed by atoms with Gasteiger partial charge in [-0.05, 0) is 30.7 Å². The first kappa shape index (κ1) is 14.2. The molecule has 20 heavy (non-hydrogen) atoms. The van der Waals surface area contributed by atoms with Gasteiger partial charge in [0, 0.05) is 12.0 Å². The Balaban J connectivity index is 2.41. The first-order chi connectivity index (χ1) is 9.41. The lowest BCUT2D eigenvalue weighted by molar-refractivity contribution is 0.0982. The molecule has 0 fully saturated rings. The van der Waals surface area contributed by atoms with Crippen LogP contribution in [0.2, 0.25) is 0 Å². The lowest BCUT2D eigenvalue weighted by atomic mass is 9.99. The third kappa shape index (κ3) is 2.57. The Labute approximate surface area is 112 Å². The zero-order valence-electron chi connectivity index (χ0n) is 10.5. The second-order valence-corrected chi connectivity index (χ2v) is 4.35. The summed E-state index contributed by atoms with van der Waals surface area (Å²) in [5.74, 6) is -4.91. The van der Waals surface area contributed by atoms with Crippen LogP contribution in [0, 0.1) is 30.2 Å². The Morgan fingerprint density at radius 2 is 1.55 bits per heavy atom. The summed E-state index contributed by atoms with van der Waals surface area (Å²) in [4.78, 5) is 11.9. The largest absolute Gasteiger partial charge is 0.294 e. The van der Waals surface area contributed by atoms with Gasteiger partial charge in [-0.1, -0.05) is 12.1 Å². The first-order valence-corrected chi connectivity index (χ1v) is 5.82. The third-order valence-corrected chi connectivity index (χ3v) is 2.96. The van der Waals surface area contributed by atoms with Crippen LogP contribution in [-0.4, -0.2) is 5.78 Å². The molecule has 0 saturated heterocycles. The van der Waals surface area contributed by atoms with Gasteiger partial charge in [-0.3, -0.25) is 4.79 Å². The number of Topliss-reactive ketones (excluding diaryl/α,β-unsaturated/α-hetero) is 1. The Bertz CT molecular complexity index is 660.